The van der Waals surface area contributed by atoms with E-state index in [2.05, 4.69) is 12.2 Å². The van der Waals surface area contributed by atoms with Crippen LogP contribution in [0.25, 0.3) is 0 Å². The lowest BCUT2D eigenvalue weighted by Gasteiger charge is -2.32. The van der Waals surface area contributed by atoms with Crippen LogP contribution in [0.1, 0.15) is 39.0 Å². The zero-order valence-corrected chi connectivity index (χ0v) is 12.5. The maximum absolute atomic E-state index is 11.9. The van der Waals surface area contributed by atoms with Crippen molar-refractivity contribution in [1.29, 1.82) is 0 Å². The van der Waals surface area contributed by atoms with Crippen molar-refractivity contribution in [3.8, 4) is 0 Å². The third-order valence-electron chi connectivity index (χ3n) is 3.33. The monoisotopic (exact) mass is 291 g/mol. The molecule has 112 valence electrons. The molecule has 1 rings (SSSR count). The Kier molecular flexibility index (Phi) is 9.61. The Morgan fingerprint density at radius 1 is 1.42 bits per heavy atom. The molecule has 3 N–H and O–H groups in total. The Labute approximate surface area is 121 Å². The number of piperidine rings is 1. The lowest BCUT2D eigenvalue weighted by Crippen LogP contribution is -2.46. The summed E-state index contributed by atoms with van der Waals surface area (Å²) < 4.78 is 0. The minimum atomic E-state index is -0.0594. The van der Waals surface area contributed by atoms with Crippen LogP contribution in [0, 0.1) is 5.92 Å². The van der Waals surface area contributed by atoms with Gasteiger partial charge < -0.3 is 16.0 Å². The van der Waals surface area contributed by atoms with Crippen molar-refractivity contribution in [1.82, 2.24) is 10.2 Å². The van der Waals surface area contributed by atoms with Crippen molar-refractivity contribution < 1.29 is 9.59 Å². The third-order valence-corrected chi connectivity index (χ3v) is 3.33. The minimum Gasteiger partial charge on any atom is -0.355 e. The van der Waals surface area contributed by atoms with Gasteiger partial charge in [-0.15, -0.1) is 12.4 Å². The first-order valence-electron chi connectivity index (χ1n) is 6.94. The predicted octanol–water partition coefficient (Wildman–Crippen LogP) is 0.912. The molecule has 6 heteroatoms. The Hall–Kier alpha value is -0.810. The van der Waals surface area contributed by atoms with E-state index < -0.39 is 0 Å². The molecule has 1 aliphatic heterocycles. The van der Waals surface area contributed by atoms with Gasteiger partial charge >= 0.3 is 0 Å². The second-order valence-electron chi connectivity index (χ2n) is 4.86. The van der Waals surface area contributed by atoms with Gasteiger partial charge in [0.15, 0.2) is 0 Å². The van der Waals surface area contributed by atoms with Crippen LogP contribution < -0.4 is 11.1 Å². The molecule has 0 aromatic rings. The number of hydrogen-bond acceptors (Lipinski definition) is 3. The number of amides is 2. The highest BCUT2D eigenvalue weighted by Gasteiger charge is 2.27. The van der Waals surface area contributed by atoms with Crippen LogP contribution in [0.3, 0.4) is 0 Å². The molecule has 5 nitrogen and oxygen atoms in total. The second-order valence-corrected chi connectivity index (χ2v) is 4.86. The summed E-state index contributed by atoms with van der Waals surface area (Å²) in [5.41, 5.74) is 5.36. The van der Waals surface area contributed by atoms with Crippen molar-refractivity contribution in [2.45, 2.75) is 39.0 Å². The summed E-state index contributed by atoms with van der Waals surface area (Å²) in [5.74, 6) is 0.164. The highest BCUT2D eigenvalue weighted by Crippen LogP contribution is 2.17. The summed E-state index contributed by atoms with van der Waals surface area (Å²) >= 11 is 0. The molecule has 1 heterocycles. The highest BCUT2D eigenvalue weighted by molar-refractivity contribution is 5.85. The highest BCUT2D eigenvalue weighted by atomic mass is 35.5. The Balaban J connectivity index is 0.00000324. The van der Waals surface area contributed by atoms with Gasteiger partial charge in [-0.05, 0) is 19.3 Å². The van der Waals surface area contributed by atoms with Crippen LogP contribution >= 0.6 is 12.4 Å². The maximum atomic E-state index is 11.9. The lowest BCUT2D eigenvalue weighted by molar-refractivity contribution is -0.135. The lowest BCUT2D eigenvalue weighted by atomic mass is 9.96. The predicted molar refractivity (Wildman–Crippen MR) is 78.1 cm³/mol. The molecule has 0 aromatic carbocycles. The molecule has 1 atom stereocenters. The minimum absolute atomic E-state index is 0. The smallest absolute Gasteiger partial charge is 0.224 e. The number of nitrogens with two attached hydrogens (primary N) is 1. The molecule has 1 aliphatic rings. The van der Waals surface area contributed by atoms with Crippen LogP contribution in [0.4, 0.5) is 0 Å². The maximum Gasteiger partial charge on any atom is 0.224 e. The van der Waals surface area contributed by atoms with E-state index in [4.69, 9.17) is 5.73 Å². The van der Waals surface area contributed by atoms with Gasteiger partial charge in [0, 0.05) is 32.6 Å². The first-order valence-corrected chi connectivity index (χ1v) is 6.94. The molecule has 0 bridgehead atoms. The fourth-order valence-electron chi connectivity index (χ4n) is 2.24. The van der Waals surface area contributed by atoms with Gasteiger partial charge in [0.05, 0.1) is 5.92 Å². The van der Waals surface area contributed by atoms with Crippen LogP contribution in [-0.2, 0) is 9.59 Å². The standard InChI is InChI=1S/C13H25N3O2.ClH/c1-2-3-6-12(17)16-9-4-5-11(10-16)13(18)15-8-7-14;/h11H,2-10,14H2,1H3,(H,15,18);1H. The molecule has 1 fully saturated rings. The van der Waals surface area contributed by atoms with Crippen molar-refractivity contribution >= 4 is 24.2 Å². The average Bonchev–Trinajstić information content (AvgIpc) is 2.42. The summed E-state index contributed by atoms with van der Waals surface area (Å²) in [4.78, 5) is 25.6. The summed E-state index contributed by atoms with van der Waals surface area (Å²) in [6.45, 7) is 4.41. The Morgan fingerprint density at radius 2 is 2.16 bits per heavy atom. The van der Waals surface area contributed by atoms with Crippen molar-refractivity contribution in [3.05, 3.63) is 0 Å². The quantitative estimate of drug-likeness (QED) is 0.764. The number of nitrogens with zero attached hydrogens (tertiary/aromatic N) is 1. The van der Waals surface area contributed by atoms with Gasteiger partial charge in [-0.1, -0.05) is 13.3 Å². The largest absolute Gasteiger partial charge is 0.355 e. The summed E-state index contributed by atoms with van der Waals surface area (Å²) in [5, 5.41) is 2.80. The molecule has 0 radical (unpaired) electrons. The van der Waals surface area contributed by atoms with Crippen molar-refractivity contribution in [2.24, 2.45) is 11.7 Å². The molecule has 1 saturated heterocycles. The zero-order valence-electron chi connectivity index (χ0n) is 11.7. The molecule has 19 heavy (non-hydrogen) atoms. The SMILES string of the molecule is CCCCC(=O)N1CCCC(C(=O)NCCN)C1.Cl. The van der Waals surface area contributed by atoms with E-state index in [0.29, 0.717) is 26.1 Å². The first-order chi connectivity index (χ1) is 8.69. The van der Waals surface area contributed by atoms with Crippen LogP contribution in [-0.4, -0.2) is 42.9 Å². The summed E-state index contributed by atoms with van der Waals surface area (Å²) in [6.07, 6.45) is 4.35. The van der Waals surface area contributed by atoms with Gasteiger partial charge in [0.2, 0.25) is 11.8 Å². The molecule has 0 aromatic heterocycles. The fourth-order valence-corrected chi connectivity index (χ4v) is 2.24. The molecule has 0 spiro atoms. The molecular weight excluding hydrogens is 266 g/mol. The van der Waals surface area contributed by atoms with Crippen LogP contribution in [0.2, 0.25) is 0 Å². The number of hydrogen-bond donors (Lipinski definition) is 2. The molecular formula is C13H26ClN3O2. The number of halogens is 1. The number of unbranched alkanes of at least 4 members (excludes halogenated alkanes) is 1. The van der Waals surface area contributed by atoms with E-state index in [0.717, 1.165) is 32.2 Å². The van der Waals surface area contributed by atoms with E-state index in [9.17, 15) is 9.59 Å². The summed E-state index contributed by atoms with van der Waals surface area (Å²) in [6, 6.07) is 0. The number of carbonyl (C=O) groups excluding carboxylic acids is 2. The zero-order chi connectivity index (χ0) is 13.4. The normalized spacial score (nSPS) is 18.6. The van der Waals surface area contributed by atoms with Crippen LogP contribution in [0.15, 0.2) is 0 Å². The first kappa shape index (κ1) is 18.2. The second kappa shape index (κ2) is 10.0. The average molecular weight is 292 g/mol. The molecule has 0 saturated carbocycles. The van der Waals surface area contributed by atoms with E-state index in [1.165, 1.54) is 0 Å². The van der Waals surface area contributed by atoms with Gasteiger partial charge in [0.1, 0.15) is 0 Å². The number of carbonyl (C=O) groups is 2. The fraction of sp³-hybridized carbons (Fsp3) is 0.846. The van der Waals surface area contributed by atoms with Gasteiger partial charge in [-0.25, -0.2) is 0 Å². The number of likely N-dealkylation sites (tertiary alicyclic amines) is 1. The van der Waals surface area contributed by atoms with E-state index >= 15 is 0 Å². The molecule has 0 aliphatic carbocycles. The van der Waals surface area contributed by atoms with Gasteiger partial charge in [-0.3, -0.25) is 9.59 Å². The van der Waals surface area contributed by atoms with E-state index in [1.807, 2.05) is 4.90 Å². The molecule has 2 amide bonds. The summed E-state index contributed by atoms with van der Waals surface area (Å²) in [7, 11) is 0. The van der Waals surface area contributed by atoms with Crippen LogP contribution in [0.5, 0.6) is 0 Å². The van der Waals surface area contributed by atoms with E-state index in [-0.39, 0.29) is 30.1 Å². The van der Waals surface area contributed by atoms with E-state index in [1.54, 1.807) is 0 Å². The van der Waals surface area contributed by atoms with Gasteiger partial charge in [0.25, 0.3) is 0 Å². The van der Waals surface area contributed by atoms with Crippen molar-refractivity contribution in [3.63, 3.8) is 0 Å². The topological polar surface area (TPSA) is 75.4 Å². The molecule has 1 unspecified atom stereocenters. The third kappa shape index (κ3) is 6.25. The Bertz CT molecular complexity index is 261. The van der Waals surface area contributed by atoms with Crippen molar-refractivity contribution in [2.75, 3.05) is 26.2 Å². The number of rotatable bonds is 6. The Morgan fingerprint density at radius 3 is 2.79 bits per heavy atom. The van der Waals surface area contributed by atoms with Gasteiger partial charge in [-0.2, -0.15) is 0 Å². The number of nitrogens with one attached hydrogen (secondary N) is 1.